The van der Waals surface area contributed by atoms with E-state index in [4.69, 9.17) is 14.2 Å². The summed E-state index contributed by atoms with van der Waals surface area (Å²) in [6, 6.07) is 0. The Bertz CT molecular complexity index is 1460. The van der Waals surface area contributed by atoms with Gasteiger partial charge in [-0.15, -0.1) is 0 Å². The van der Waals surface area contributed by atoms with E-state index in [1.54, 1.807) is 0 Å². The number of hydrogen-bond acceptors (Lipinski definition) is 6. The number of hydrogen-bond donors (Lipinski definition) is 0. The van der Waals surface area contributed by atoms with Crippen LogP contribution in [-0.2, 0) is 28.6 Å². The molecule has 0 saturated carbocycles. The van der Waals surface area contributed by atoms with E-state index in [2.05, 4.69) is 112 Å². The first kappa shape index (κ1) is 61.5. The van der Waals surface area contributed by atoms with Crippen molar-refractivity contribution in [1.82, 2.24) is 0 Å². The van der Waals surface area contributed by atoms with Gasteiger partial charge in [0, 0.05) is 19.3 Å². The van der Waals surface area contributed by atoms with Crippen molar-refractivity contribution in [2.45, 2.75) is 213 Å². The largest absolute Gasteiger partial charge is 0.462 e. The van der Waals surface area contributed by atoms with Gasteiger partial charge in [0.15, 0.2) is 6.10 Å². The van der Waals surface area contributed by atoms with Crippen molar-refractivity contribution in [3.63, 3.8) is 0 Å². The summed E-state index contributed by atoms with van der Waals surface area (Å²) in [6.07, 6.45) is 74.4. The van der Waals surface area contributed by atoms with Gasteiger partial charge in [0.05, 0.1) is 0 Å². The van der Waals surface area contributed by atoms with Crippen LogP contribution in [-0.4, -0.2) is 37.2 Å². The summed E-state index contributed by atoms with van der Waals surface area (Å²) in [6.45, 7) is 6.37. The molecule has 1 unspecified atom stereocenters. The van der Waals surface area contributed by atoms with E-state index >= 15 is 0 Å². The zero-order valence-electron chi connectivity index (χ0n) is 42.1. The van der Waals surface area contributed by atoms with Gasteiger partial charge in [0.1, 0.15) is 13.2 Å². The van der Waals surface area contributed by atoms with Crippen molar-refractivity contribution in [2.24, 2.45) is 0 Å². The lowest BCUT2D eigenvalue weighted by molar-refractivity contribution is -0.166. The summed E-state index contributed by atoms with van der Waals surface area (Å²) in [7, 11) is 0. The fraction of sp³-hybridized carbons (Fsp3) is 0.583. The highest BCUT2D eigenvalue weighted by Gasteiger charge is 2.19. The molecule has 0 amide bonds. The van der Waals surface area contributed by atoms with Gasteiger partial charge in [0.2, 0.25) is 0 Å². The van der Waals surface area contributed by atoms with Crippen LogP contribution in [0.2, 0.25) is 0 Å². The lowest BCUT2D eigenvalue weighted by Crippen LogP contribution is -2.30. The first-order chi connectivity index (χ1) is 32.5. The number of carbonyl (C=O) groups is 3. The number of carbonyl (C=O) groups excluding carboxylic acids is 3. The number of rotatable bonds is 45. The fourth-order valence-electron chi connectivity index (χ4n) is 6.52. The average Bonchev–Trinajstić information content (AvgIpc) is 3.31. The molecular weight excluding hydrogens is 817 g/mol. The molecule has 0 aliphatic carbocycles. The van der Waals surface area contributed by atoms with E-state index in [1.165, 1.54) is 70.6 Å². The number of allylic oxidation sites excluding steroid dienone is 22. The van der Waals surface area contributed by atoms with Crippen molar-refractivity contribution in [2.75, 3.05) is 13.2 Å². The second-order valence-corrected chi connectivity index (χ2v) is 16.8. The minimum absolute atomic E-state index is 0.135. The van der Waals surface area contributed by atoms with Crippen LogP contribution in [0.4, 0.5) is 0 Å². The molecule has 0 heterocycles. The molecule has 0 spiro atoms. The summed E-state index contributed by atoms with van der Waals surface area (Å²) in [5.41, 5.74) is 0. The van der Waals surface area contributed by atoms with E-state index in [-0.39, 0.29) is 38.0 Å². The quantitative estimate of drug-likeness (QED) is 0.0199. The Morgan fingerprint density at radius 3 is 1.21 bits per heavy atom. The smallest absolute Gasteiger partial charge is 0.306 e. The molecule has 1 atom stereocenters. The van der Waals surface area contributed by atoms with Gasteiger partial charge in [-0.2, -0.15) is 0 Å². The summed E-state index contributed by atoms with van der Waals surface area (Å²) < 4.78 is 16.7. The monoisotopic (exact) mass is 911 g/mol. The highest BCUT2D eigenvalue weighted by atomic mass is 16.6. The van der Waals surface area contributed by atoms with Crippen molar-refractivity contribution >= 4 is 17.9 Å². The molecule has 0 fully saturated rings. The van der Waals surface area contributed by atoms with Crippen molar-refractivity contribution < 1.29 is 28.6 Å². The molecule has 0 aromatic rings. The summed E-state index contributed by atoms with van der Waals surface area (Å²) >= 11 is 0. The third kappa shape index (κ3) is 50.5. The maximum Gasteiger partial charge on any atom is 0.306 e. The van der Waals surface area contributed by atoms with Gasteiger partial charge in [-0.1, -0.05) is 225 Å². The minimum Gasteiger partial charge on any atom is -0.462 e. The maximum absolute atomic E-state index is 12.8. The molecule has 6 nitrogen and oxygen atoms in total. The molecule has 0 bridgehead atoms. The molecule has 0 aliphatic heterocycles. The standard InChI is InChI=1S/C60H94O6/c1-4-7-10-13-16-19-22-25-27-29-31-32-35-38-41-44-47-50-53-59(62)65-56-57(55-64-58(61)52-49-46-43-40-37-34-24-21-18-15-12-9-6-3)66-60(63)54-51-48-45-42-39-36-33-30-28-26-23-20-17-14-11-8-5-2/h10,13,16-17,19-20,22,25-29,31-34,36-37,42-43,45-46,57H,4-9,11-12,14-15,18,21,23-24,30,35,38-41,44,47-56H2,1-3H3/b13-10+,19-16+,20-17+,25-22+,28-26+,29-27+,32-31+,36-33+,37-34+,45-42+,46-43+. The third-order valence-corrected chi connectivity index (χ3v) is 10.5. The highest BCUT2D eigenvalue weighted by Crippen LogP contribution is 2.11. The van der Waals surface area contributed by atoms with Crippen LogP contribution in [0.5, 0.6) is 0 Å². The van der Waals surface area contributed by atoms with E-state index in [1.807, 2.05) is 42.5 Å². The zero-order chi connectivity index (χ0) is 47.9. The molecule has 0 rings (SSSR count). The molecular formula is C60H94O6. The Morgan fingerprint density at radius 1 is 0.318 bits per heavy atom. The number of ether oxygens (including phenoxy) is 3. The second-order valence-electron chi connectivity index (χ2n) is 16.8. The van der Waals surface area contributed by atoms with E-state index in [0.29, 0.717) is 19.3 Å². The predicted molar refractivity (Wildman–Crippen MR) is 283 cm³/mol. The fourth-order valence-corrected chi connectivity index (χ4v) is 6.52. The average molecular weight is 911 g/mol. The van der Waals surface area contributed by atoms with Gasteiger partial charge in [-0.25, -0.2) is 0 Å². The van der Waals surface area contributed by atoms with Crippen LogP contribution in [0.25, 0.3) is 0 Å². The van der Waals surface area contributed by atoms with Gasteiger partial charge in [-0.3, -0.25) is 14.4 Å². The van der Waals surface area contributed by atoms with Gasteiger partial charge in [0.25, 0.3) is 0 Å². The highest BCUT2D eigenvalue weighted by molar-refractivity contribution is 5.71. The first-order valence-corrected chi connectivity index (χ1v) is 26.3. The van der Waals surface area contributed by atoms with Gasteiger partial charge in [-0.05, 0) is 96.3 Å². The summed E-state index contributed by atoms with van der Waals surface area (Å²) in [4.78, 5) is 38.0. The molecule has 0 saturated heterocycles. The van der Waals surface area contributed by atoms with Crippen LogP contribution in [0.3, 0.4) is 0 Å². The van der Waals surface area contributed by atoms with Crippen molar-refractivity contribution in [3.8, 4) is 0 Å². The topological polar surface area (TPSA) is 78.9 Å². The van der Waals surface area contributed by atoms with Crippen molar-refractivity contribution in [1.29, 1.82) is 0 Å². The minimum atomic E-state index is -0.845. The van der Waals surface area contributed by atoms with E-state index < -0.39 is 12.1 Å². The molecule has 66 heavy (non-hydrogen) atoms. The van der Waals surface area contributed by atoms with Crippen LogP contribution >= 0.6 is 0 Å². The Balaban J connectivity index is 4.62. The first-order valence-electron chi connectivity index (χ1n) is 26.3. The van der Waals surface area contributed by atoms with E-state index in [0.717, 1.165) is 83.5 Å². The molecule has 0 aromatic carbocycles. The van der Waals surface area contributed by atoms with Crippen LogP contribution < -0.4 is 0 Å². The molecule has 370 valence electrons. The summed E-state index contributed by atoms with van der Waals surface area (Å²) in [5, 5.41) is 0. The van der Waals surface area contributed by atoms with Crippen LogP contribution in [0.15, 0.2) is 134 Å². The van der Waals surface area contributed by atoms with Gasteiger partial charge < -0.3 is 14.2 Å². The molecule has 6 heteroatoms. The Kier molecular flexibility index (Phi) is 49.6. The Morgan fingerprint density at radius 2 is 0.682 bits per heavy atom. The predicted octanol–water partition coefficient (Wildman–Crippen LogP) is 17.5. The lowest BCUT2D eigenvalue weighted by Gasteiger charge is -2.18. The lowest BCUT2D eigenvalue weighted by atomic mass is 10.1. The number of unbranched alkanes of at least 4 members (excludes halogenated alkanes) is 16. The molecule has 0 aliphatic rings. The Hall–Kier alpha value is -4.45. The van der Waals surface area contributed by atoms with E-state index in [9.17, 15) is 14.4 Å². The van der Waals surface area contributed by atoms with Crippen LogP contribution in [0, 0.1) is 0 Å². The third-order valence-electron chi connectivity index (χ3n) is 10.5. The SMILES string of the molecule is CCC/C=C/C=C/C=C/C=C/C=C/CCCCCCCC(=O)OCC(COC(=O)CC/C=C/C/C=C/CCCCCCCC)OC(=O)CCC/C=C/C/C=C/C/C=C/C/C=C/CCCCC. The normalized spacial score (nSPS) is 13.2. The van der Waals surface area contributed by atoms with Crippen LogP contribution in [0.1, 0.15) is 207 Å². The number of esters is 3. The summed E-state index contributed by atoms with van der Waals surface area (Å²) in [5.74, 6) is -1.09. The molecule has 0 aromatic heterocycles. The molecule has 0 N–H and O–H groups in total. The zero-order valence-corrected chi connectivity index (χ0v) is 42.1. The van der Waals surface area contributed by atoms with Gasteiger partial charge >= 0.3 is 17.9 Å². The maximum atomic E-state index is 12.8. The Labute approximate surface area is 405 Å². The van der Waals surface area contributed by atoms with Crippen molar-refractivity contribution in [3.05, 3.63) is 134 Å². The second kappa shape index (κ2) is 53.2. The molecule has 0 radical (unpaired) electrons.